The van der Waals surface area contributed by atoms with Gasteiger partial charge in [0.25, 0.3) is 0 Å². The second kappa shape index (κ2) is 33.8. The molecule has 434 valence electrons. The van der Waals surface area contributed by atoms with Crippen LogP contribution in [0.3, 0.4) is 0 Å². The van der Waals surface area contributed by atoms with E-state index in [4.69, 9.17) is 15.9 Å². The van der Waals surface area contributed by atoms with Crippen LogP contribution in [0.4, 0.5) is 8.78 Å². The fourth-order valence-corrected chi connectivity index (χ4v) is 17.3. The van der Waals surface area contributed by atoms with E-state index >= 15 is 8.78 Å². The SMILES string of the molecule is CCCCCCCCCCCCC1(CCCCCCCCCCCC)c2cc(C)c3n[se]nc3c2-c2c(F)c3c(c(F)c21)-c1c(cc(C)c2n[se]nc12)C3(CCCCCCCCCCCC)CCCCCCCCCCCC. The minimum Gasteiger partial charge on any atom is -0.0654 e. The van der Waals surface area contributed by atoms with Gasteiger partial charge in [-0.25, -0.2) is 0 Å². The van der Waals surface area contributed by atoms with Crippen LogP contribution in [0.1, 0.15) is 344 Å². The third-order valence-corrected chi connectivity index (χ3v) is 21.4. The quantitative estimate of drug-likeness (QED) is 0.0288. The van der Waals surface area contributed by atoms with E-state index in [0.717, 1.165) is 132 Å². The van der Waals surface area contributed by atoms with Crippen molar-refractivity contribution in [3.8, 4) is 22.3 Å². The van der Waals surface area contributed by atoms with Crippen molar-refractivity contribution in [2.45, 2.75) is 335 Å². The fourth-order valence-electron chi connectivity index (χ4n) is 14.7. The van der Waals surface area contributed by atoms with Crippen LogP contribution in [-0.4, -0.2) is 45.8 Å². The molecule has 0 fully saturated rings. The number of unbranched alkanes of at least 4 members (excludes halogenated alkanes) is 36. The van der Waals surface area contributed by atoms with E-state index in [1.165, 1.54) is 205 Å². The normalized spacial score (nSPS) is 14.1. The summed E-state index contributed by atoms with van der Waals surface area (Å²) in [5.41, 5.74) is 10.9. The fraction of sp³-hybridized carbons (Fsp3) is 0.743. The molecule has 8 heteroatoms. The number of hydrogen-bond acceptors (Lipinski definition) is 4. The first kappa shape index (κ1) is 63.3. The van der Waals surface area contributed by atoms with Gasteiger partial charge in [-0.2, -0.15) is 0 Å². The second-order valence-corrected chi connectivity index (χ2v) is 27.4. The molecule has 0 aliphatic heterocycles. The topological polar surface area (TPSA) is 51.6 Å². The van der Waals surface area contributed by atoms with Gasteiger partial charge in [-0.05, 0) is 0 Å². The Hall–Kier alpha value is -2.24. The molecular weight excluding hydrogens is 1090 g/mol. The predicted molar refractivity (Wildman–Crippen MR) is 334 cm³/mol. The third-order valence-electron chi connectivity index (χ3n) is 19.2. The average Bonchev–Trinajstić information content (AvgIpc) is 4.37. The zero-order valence-electron chi connectivity index (χ0n) is 50.6. The maximum absolute atomic E-state index is 19.8. The Morgan fingerprint density at radius 1 is 0.308 bits per heavy atom. The molecule has 0 bridgehead atoms. The number of benzene rings is 3. The zero-order valence-corrected chi connectivity index (χ0v) is 54.1. The van der Waals surface area contributed by atoms with E-state index in [0.29, 0.717) is 22.3 Å². The summed E-state index contributed by atoms with van der Waals surface area (Å²) in [6.45, 7) is 13.5. The molecular formula is C70H108F2N4Se2. The molecule has 0 atom stereocenters. The van der Waals surface area contributed by atoms with Crippen LogP contribution in [0.25, 0.3) is 44.3 Å². The minimum absolute atomic E-state index is 0.154. The first-order valence-corrected chi connectivity index (χ1v) is 36.5. The molecule has 5 aromatic rings. The Kier molecular flexibility index (Phi) is 27.4. The summed E-state index contributed by atoms with van der Waals surface area (Å²) >= 11 is -0.607. The van der Waals surface area contributed by atoms with Crippen LogP contribution in [-0.2, 0) is 10.8 Å². The number of halogens is 2. The van der Waals surface area contributed by atoms with Crippen molar-refractivity contribution < 1.29 is 8.78 Å². The third kappa shape index (κ3) is 15.7. The van der Waals surface area contributed by atoms with Gasteiger partial charge in [0.1, 0.15) is 0 Å². The summed E-state index contributed by atoms with van der Waals surface area (Å²) < 4.78 is 60.0. The summed E-state index contributed by atoms with van der Waals surface area (Å²) in [7, 11) is 0. The molecule has 0 N–H and O–H groups in total. The van der Waals surface area contributed by atoms with E-state index in [9.17, 15) is 0 Å². The summed E-state index contributed by atoms with van der Waals surface area (Å²) in [6, 6.07) is 4.69. The van der Waals surface area contributed by atoms with Crippen molar-refractivity contribution in [2.24, 2.45) is 0 Å². The molecule has 0 radical (unpaired) electrons. The Bertz CT molecular complexity index is 2320. The maximum atomic E-state index is 19.8. The Morgan fingerprint density at radius 2 is 0.526 bits per heavy atom. The van der Waals surface area contributed by atoms with Crippen LogP contribution in [0.2, 0.25) is 0 Å². The van der Waals surface area contributed by atoms with Crippen LogP contribution < -0.4 is 0 Å². The second-order valence-electron chi connectivity index (χ2n) is 25.2. The predicted octanol–water partition coefficient (Wildman–Crippen LogP) is 22.4. The Balaban J connectivity index is 1.30. The molecule has 2 aliphatic rings. The number of rotatable bonds is 44. The standard InChI is InChI=1S/C70H108F2N4Se2/c1-7-11-15-19-23-27-31-35-39-43-47-69(48-44-40-36-32-28-24-20-16-12-8-2)55-51-53(5)65-67(75-77-73-65)57(55)59-61(69)63(71)60-58-56(52-54(6)66-68(58)76-78-74-66)70(62(60)64(59)72,49-45-41-37-33-29-25-21-17-13-9-3)50-46-42-38-34-30-26-22-18-14-10-4/h51-52H,7-50H2,1-6H3. The summed E-state index contributed by atoms with van der Waals surface area (Å²) in [6.07, 6.45) is 53.5. The zero-order chi connectivity index (χ0) is 55.0. The van der Waals surface area contributed by atoms with Gasteiger partial charge in [0.2, 0.25) is 0 Å². The van der Waals surface area contributed by atoms with Crippen LogP contribution in [0, 0.1) is 25.5 Å². The van der Waals surface area contributed by atoms with E-state index in [2.05, 4.69) is 53.7 Å². The van der Waals surface area contributed by atoms with Crippen molar-refractivity contribution in [1.29, 1.82) is 0 Å². The number of fused-ring (bicyclic) bond motifs is 10. The van der Waals surface area contributed by atoms with Gasteiger partial charge < -0.3 is 0 Å². The number of hydrogen-bond donors (Lipinski definition) is 0. The molecule has 7 rings (SSSR count). The molecule has 4 nitrogen and oxygen atoms in total. The van der Waals surface area contributed by atoms with Gasteiger partial charge in [0, 0.05) is 0 Å². The average molecular weight is 1200 g/mol. The van der Waals surface area contributed by atoms with Gasteiger partial charge in [0.15, 0.2) is 0 Å². The van der Waals surface area contributed by atoms with Crippen molar-refractivity contribution in [3.63, 3.8) is 0 Å². The van der Waals surface area contributed by atoms with Gasteiger partial charge >= 0.3 is 361 Å². The molecule has 0 saturated carbocycles. The molecule has 2 aliphatic carbocycles. The first-order chi connectivity index (χ1) is 38.3. The van der Waals surface area contributed by atoms with E-state index < -0.39 is 10.8 Å². The summed E-state index contributed by atoms with van der Waals surface area (Å²) in [4.78, 5) is 0. The van der Waals surface area contributed by atoms with Crippen molar-refractivity contribution in [3.05, 3.63) is 57.1 Å². The van der Waals surface area contributed by atoms with Gasteiger partial charge in [-0.15, -0.1) is 0 Å². The van der Waals surface area contributed by atoms with E-state index in [-0.39, 0.29) is 41.6 Å². The molecule has 0 saturated heterocycles. The van der Waals surface area contributed by atoms with E-state index in [1.807, 2.05) is 0 Å². The first-order valence-electron chi connectivity index (χ1n) is 33.4. The molecule has 0 unspecified atom stereocenters. The Labute approximate surface area is 487 Å². The molecule has 2 aromatic heterocycles. The minimum atomic E-state index is -0.645. The van der Waals surface area contributed by atoms with Crippen molar-refractivity contribution in [2.75, 3.05) is 0 Å². The molecule has 78 heavy (non-hydrogen) atoms. The smallest absolute Gasteiger partial charge is 0.0654 e. The van der Waals surface area contributed by atoms with Crippen LogP contribution in [0.15, 0.2) is 12.1 Å². The van der Waals surface area contributed by atoms with Crippen LogP contribution in [0.5, 0.6) is 0 Å². The molecule has 0 amide bonds. The molecule has 2 heterocycles. The van der Waals surface area contributed by atoms with Crippen molar-refractivity contribution in [1.82, 2.24) is 15.9 Å². The summed E-state index contributed by atoms with van der Waals surface area (Å²) in [5.74, 6) is -0.308. The monoisotopic (exact) mass is 1200 g/mol. The molecule has 3 aromatic carbocycles. The number of aromatic nitrogens is 4. The number of aryl methyl sites for hydroxylation is 2. The van der Waals surface area contributed by atoms with Crippen LogP contribution >= 0.6 is 0 Å². The van der Waals surface area contributed by atoms with Gasteiger partial charge in [-0.3, -0.25) is 0 Å². The molecule has 0 spiro atoms. The summed E-state index contributed by atoms with van der Waals surface area (Å²) in [5, 5.41) is 0. The Morgan fingerprint density at radius 3 is 0.769 bits per heavy atom. The van der Waals surface area contributed by atoms with Gasteiger partial charge in [0.05, 0.1) is 0 Å². The van der Waals surface area contributed by atoms with E-state index in [1.54, 1.807) is 0 Å². The number of nitrogens with zero attached hydrogens (tertiary/aromatic N) is 4. The van der Waals surface area contributed by atoms with Crippen molar-refractivity contribution >= 4 is 52.0 Å². The van der Waals surface area contributed by atoms with Gasteiger partial charge in [-0.1, -0.05) is 130 Å².